The Bertz CT molecular complexity index is 600. The summed E-state index contributed by atoms with van der Waals surface area (Å²) in [5, 5.41) is 10.9. The number of unbranched alkanes of at least 4 members (excludes halogenated alkanes) is 1. The minimum atomic E-state index is 0.0375. The van der Waals surface area contributed by atoms with Gasteiger partial charge in [0.1, 0.15) is 0 Å². The van der Waals surface area contributed by atoms with Gasteiger partial charge in [0.15, 0.2) is 5.82 Å². The average Bonchev–Trinajstić information content (AvgIpc) is 2.47. The molecule has 5 heteroatoms. The Labute approximate surface area is 129 Å². The maximum atomic E-state index is 10.2. The van der Waals surface area contributed by atoms with Crippen molar-refractivity contribution in [2.24, 2.45) is 0 Å². The van der Waals surface area contributed by atoms with Crippen LogP contribution in [0.3, 0.4) is 0 Å². The third kappa shape index (κ3) is 3.93. The summed E-state index contributed by atoms with van der Waals surface area (Å²) in [6, 6.07) is 7.22. The van der Waals surface area contributed by atoms with Gasteiger partial charge in [0, 0.05) is 23.3 Å². The minimum absolute atomic E-state index is 0.0375. The second-order valence-corrected chi connectivity index (χ2v) is 5.28. The normalized spacial score (nSPS) is 10.8. The van der Waals surface area contributed by atoms with Crippen LogP contribution >= 0.6 is 11.6 Å². The number of aromatic nitrogens is 2. The summed E-state index contributed by atoms with van der Waals surface area (Å²) >= 11 is 5.88. The van der Waals surface area contributed by atoms with Crippen LogP contribution in [0, 0.1) is 0 Å². The van der Waals surface area contributed by atoms with Crippen molar-refractivity contribution in [3.05, 3.63) is 40.5 Å². The zero-order valence-electron chi connectivity index (χ0n) is 12.3. The van der Waals surface area contributed by atoms with Gasteiger partial charge in [-0.15, -0.1) is 0 Å². The molecule has 112 valence electrons. The molecule has 0 saturated heterocycles. The van der Waals surface area contributed by atoms with Crippen LogP contribution in [0.25, 0.3) is 11.4 Å². The zero-order valence-corrected chi connectivity index (χ0v) is 13.0. The fourth-order valence-corrected chi connectivity index (χ4v) is 2.24. The molecule has 1 aromatic heterocycles. The summed E-state index contributed by atoms with van der Waals surface area (Å²) < 4.78 is 5.19. The lowest BCUT2D eigenvalue weighted by molar-refractivity contribution is 0.180. The Morgan fingerprint density at radius 1 is 1.19 bits per heavy atom. The summed E-state index contributed by atoms with van der Waals surface area (Å²) in [5.74, 6) is 0.520. The van der Waals surface area contributed by atoms with Gasteiger partial charge in [0.2, 0.25) is 5.88 Å². The highest BCUT2D eigenvalue weighted by molar-refractivity contribution is 6.30. The van der Waals surface area contributed by atoms with Crippen LogP contribution < -0.4 is 0 Å². The molecule has 0 fully saturated rings. The van der Waals surface area contributed by atoms with Crippen LogP contribution in [-0.4, -0.2) is 22.2 Å². The first kappa shape index (κ1) is 15.7. The predicted molar refractivity (Wildman–Crippen MR) is 83.5 cm³/mol. The van der Waals surface area contributed by atoms with E-state index in [4.69, 9.17) is 16.3 Å². The first-order valence-corrected chi connectivity index (χ1v) is 7.37. The largest absolute Gasteiger partial charge is 0.493 e. The highest BCUT2D eigenvalue weighted by atomic mass is 35.5. The topological polar surface area (TPSA) is 55.2 Å². The first-order valence-electron chi connectivity index (χ1n) is 6.99. The van der Waals surface area contributed by atoms with Crippen molar-refractivity contribution in [1.82, 2.24) is 9.97 Å². The lowest BCUT2D eigenvalue weighted by Gasteiger charge is -2.11. The van der Waals surface area contributed by atoms with Gasteiger partial charge in [-0.2, -0.15) is 4.98 Å². The van der Waals surface area contributed by atoms with Crippen molar-refractivity contribution in [2.75, 3.05) is 7.11 Å². The Balaban J connectivity index is 2.42. The fraction of sp³-hybridized carbons (Fsp3) is 0.375. The van der Waals surface area contributed by atoms with E-state index in [9.17, 15) is 5.11 Å². The standard InChI is InChI=1S/C16H19ClN2O2/c1-3-4-5-13-14(10-21-2)18-15(19-16(13)20)11-6-8-12(17)9-7-11/h6-9H,3-5,10H2,1-2H3,(H,18,19,20). The molecule has 0 spiro atoms. The Morgan fingerprint density at radius 3 is 2.52 bits per heavy atom. The number of aromatic hydroxyl groups is 1. The van der Waals surface area contributed by atoms with E-state index in [0.29, 0.717) is 17.5 Å². The molecule has 0 amide bonds. The molecule has 0 aliphatic carbocycles. The number of rotatable bonds is 6. The molecule has 1 aromatic carbocycles. The van der Waals surface area contributed by atoms with Crippen LogP contribution in [0.2, 0.25) is 5.02 Å². The molecule has 0 unspecified atom stereocenters. The number of hydrogen-bond donors (Lipinski definition) is 1. The number of ether oxygens (including phenoxy) is 1. The van der Waals surface area contributed by atoms with Crippen LogP contribution in [0.15, 0.2) is 24.3 Å². The second kappa shape index (κ2) is 7.38. The van der Waals surface area contributed by atoms with Gasteiger partial charge in [-0.3, -0.25) is 0 Å². The highest BCUT2D eigenvalue weighted by Gasteiger charge is 2.14. The number of methoxy groups -OCH3 is 1. The summed E-state index contributed by atoms with van der Waals surface area (Å²) in [4.78, 5) is 8.75. The average molecular weight is 307 g/mol. The van der Waals surface area contributed by atoms with E-state index < -0.39 is 0 Å². The van der Waals surface area contributed by atoms with Crippen molar-refractivity contribution in [3.63, 3.8) is 0 Å². The van der Waals surface area contributed by atoms with Crippen molar-refractivity contribution < 1.29 is 9.84 Å². The molecule has 1 heterocycles. The molecule has 21 heavy (non-hydrogen) atoms. The molecule has 4 nitrogen and oxygen atoms in total. The Morgan fingerprint density at radius 2 is 1.90 bits per heavy atom. The molecule has 0 radical (unpaired) electrons. The summed E-state index contributed by atoms with van der Waals surface area (Å²) in [6.07, 6.45) is 2.78. The molecule has 0 bridgehead atoms. The monoisotopic (exact) mass is 306 g/mol. The Hall–Kier alpha value is -1.65. The zero-order chi connectivity index (χ0) is 15.2. The van der Waals surface area contributed by atoms with E-state index in [-0.39, 0.29) is 5.88 Å². The SMILES string of the molecule is CCCCc1c(O)nc(-c2ccc(Cl)cc2)nc1COC. The molecule has 0 saturated carbocycles. The summed E-state index contributed by atoms with van der Waals surface area (Å²) in [7, 11) is 1.62. The molecule has 2 aromatic rings. The number of benzene rings is 1. The highest BCUT2D eigenvalue weighted by Crippen LogP contribution is 2.26. The molecule has 0 aliphatic heterocycles. The molecular weight excluding hydrogens is 288 g/mol. The van der Waals surface area contributed by atoms with Crippen molar-refractivity contribution in [2.45, 2.75) is 32.8 Å². The van der Waals surface area contributed by atoms with Crippen molar-refractivity contribution in [1.29, 1.82) is 0 Å². The van der Waals surface area contributed by atoms with Crippen LogP contribution in [0.4, 0.5) is 0 Å². The molecule has 2 rings (SSSR count). The molecule has 0 atom stereocenters. The lowest BCUT2D eigenvalue weighted by atomic mass is 10.1. The smallest absolute Gasteiger partial charge is 0.218 e. The minimum Gasteiger partial charge on any atom is -0.493 e. The van der Waals surface area contributed by atoms with E-state index in [1.54, 1.807) is 19.2 Å². The molecule has 1 N–H and O–H groups in total. The lowest BCUT2D eigenvalue weighted by Crippen LogP contribution is -2.04. The molecule has 0 aliphatic rings. The van der Waals surface area contributed by atoms with Gasteiger partial charge in [-0.05, 0) is 37.1 Å². The van der Waals surface area contributed by atoms with Gasteiger partial charge in [-0.1, -0.05) is 24.9 Å². The third-order valence-corrected chi connectivity index (χ3v) is 3.49. The van der Waals surface area contributed by atoms with E-state index in [2.05, 4.69) is 16.9 Å². The van der Waals surface area contributed by atoms with Gasteiger partial charge in [0.05, 0.1) is 12.3 Å². The second-order valence-electron chi connectivity index (χ2n) is 4.84. The maximum Gasteiger partial charge on any atom is 0.218 e. The quantitative estimate of drug-likeness (QED) is 0.876. The van der Waals surface area contributed by atoms with Gasteiger partial charge >= 0.3 is 0 Å². The van der Waals surface area contributed by atoms with Crippen molar-refractivity contribution in [3.8, 4) is 17.3 Å². The van der Waals surface area contributed by atoms with Crippen LogP contribution in [-0.2, 0) is 17.8 Å². The van der Waals surface area contributed by atoms with Crippen LogP contribution in [0.5, 0.6) is 5.88 Å². The van der Waals surface area contributed by atoms with E-state index in [0.717, 1.165) is 36.1 Å². The maximum absolute atomic E-state index is 10.2. The van der Waals surface area contributed by atoms with Crippen LogP contribution in [0.1, 0.15) is 31.0 Å². The van der Waals surface area contributed by atoms with Gasteiger partial charge in [0.25, 0.3) is 0 Å². The van der Waals surface area contributed by atoms with E-state index >= 15 is 0 Å². The number of nitrogens with zero attached hydrogens (tertiary/aromatic N) is 2. The summed E-state index contributed by atoms with van der Waals surface area (Å²) in [6.45, 7) is 2.46. The first-order chi connectivity index (χ1) is 10.2. The Kier molecular flexibility index (Phi) is 5.53. The third-order valence-electron chi connectivity index (χ3n) is 3.23. The number of halogens is 1. The fourth-order valence-electron chi connectivity index (χ4n) is 2.11. The van der Waals surface area contributed by atoms with E-state index in [1.165, 1.54) is 0 Å². The predicted octanol–water partition coefficient (Wildman–Crippen LogP) is 3.99. The van der Waals surface area contributed by atoms with Gasteiger partial charge < -0.3 is 9.84 Å². The number of hydrogen-bond acceptors (Lipinski definition) is 4. The molecular formula is C16H19ClN2O2. The van der Waals surface area contributed by atoms with E-state index in [1.807, 2.05) is 12.1 Å². The summed E-state index contributed by atoms with van der Waals surface area (Å²) in [5.41, 5.74) is 2.33. The van der Waals surface area contributed by atoms with Crippen molar-refractivity contribution >= 4 is 11.6 Å². The van der Waals surface area contributed by atoms with Gasteiger partial charge in [-0.25, -0.2) is 4.98 Å².